The zero-order valence-corrected chi connectivity index (χ0v) is 15.8. The Kier molecular flexibility index (Phi) is 4.94. The van der Waals surface area contributed by atoms with Gasteiger partial charge in [0.2, 0.25) is 10.0 Å². The van der Waals surface area contributed by atoms with Gasteiger partial charge in [-0.25, -0.2) is 17.5 Å². The number of ether oxygens (including phenoxy) is 2. The highest BCUT2D eigenvalue weighted by Gasteiger charge is 2.45. The van der Waals surface area contributed by atoms with Crippen LogP contribution in [0.2, 0.25) is 0 Å². The molecule has 2 aromatic carbocycles. The van der Waals surface area contributed by atoms with E-state index in [-0.39, 0.29) is 16.9 Å². The summed E-state index contributed by atoms with van der Waals surface area (Å²) in [7, 11) is -0.566. The molecular formula is C19H22FNO4S. The first-order valence-electron chi connectivity index (χ1n) is 8.30. The minimum atomic E-state index is -3.71. The molecule has 0 radical (unpaired) electrons. The highest BCUT2D eigenvalue weighted by molar-refractivity contribution is 7.89. The summed E-state index contributed by atoms with van der Waals surface area (Å²) in [6.07, 6.45) is 1.76. The first-order chi connectivity index (χ1) is 12.3. The molecule has 0 saturated heterocycles. The number of hydrogen-bond acceptors (Lipinski definition) is 4. The van der Waals surface area contributed by atoms with Gasteiger partial charge in [0.15, 0.2) is 11.5 Å². The Bertz CT molecular complexity index is 923. The van der Waals surface area contributed by atoms with Crippen molar-refractivity contribution < 1.29 is 22.3 Å². The third-order valence-electron chi connectivity index (χ3n) is 4.88. The van der Waals surface area contributed by atoms with Crippen LogP contribution in [0.25, 0.3) is 0 Å². The van der Waals surface area contributed by atoms with Crippen LogP contribution in [0.5, 0.6) is 11.5 Å². The lowest BCUT2D eigenvalue weighted by molar-refractivity contribution is 0.354. The van der Waals surface area contributed by atoms with Crippen LogP contribution in [0, 0.1) is 12.7 Å². The van der Waals surface area contributed by atoms with E-state index in [1.54, 1.807) is 21.1 Å². The smallest absolute Gasteiger partial charge is 0.240 e. The predicted octanol–water partition coefficient (Wildman–Crippen LogP) is 3.16. The molecule has 5 nitrogen and oxygen atoms in total. The molecule has 0 spiro atoms. The molecule has 1 saturated carbocycles. The Hall–Kier alpha value is -2.12. The second-order valence-electron chi connectivity index (χ2n) is 6.58. The fraction of sp³-hybridized carbons (Fsp3) is 0.368. The molecular weight excluding hydrogens is 357 g/mol. The second kappa shape index (κ2) is 6.89. The monoisotopic (exact) mass is 379 g/mol. The third-order valence-corrected chi connectivity index (χ3v) is 6.44. The van der Waals surface area contributed by atoms with E-state index in [2.05, 4.69) is 4.72 Å². The van der Waals surface area contributed by atoms with Crippen LogP contribution in [0.4, 0.5) is 4.39 Å². The van der Waals surface area contributed by atoms with Gasteiger partial charge in [0.1, 0.15) is 5.82 Å². The molecule has 7 heteroatoms. The zero-order valence-electron chi connectivity index (χ0n) is 15.0. The predicted molar refractivity (Wildman–Crippen MR) is 96.8 cm³/mol. The van der Waals surface area contributed by atoms with Gasteiger partial charge in [0, 0.05) is 12.0 Å². The first kappa shape index (κ1) is 18.7. The molecule has 140 valence electrons. The molecule has 0 bridgehead atoms. The number of benzene rings is 2. The molecule has 0 atom stereocenters. The Morgan fingerprint density at radius 2 is 1.77 bits per heavy atom. The normalized spacial score (nSPS) is 15.5. The van der Waals surface area contributed by atoms with Gasteiger partial charge in [0.05, 0.1) is 19.1 Å². The van der Waals surface area contributed by atoms with E-state index in [1.807, 2.05) is 18.2 Å². The maximum atomic E-state index is 13.2. The summed E-state index contributed by atoms with van der Waals surface area (Å²) in [5.74, 6) is 0.800. The molecule has 26 heavy (non-hydrogen) atoms. The lowest BCUT2D eigenvalue weighted by Crippen LogP contribution is -2.32. The number of rotatable bonds is 7. The van der Waals surface area contributed by atoms with Gasteiger partial charge >= 0.3 is 0 Å². The molecule has 1 aliphatic rings. The number of nitrogens with one attached hydrogen (secondary N) is 1. The Labute approximate surface area is 153 Å². The standard InChI is InChI=1S/C19H22FNO4S/c1-13-10-15(20)5-7-18(13)26(22,23)21-12-19(8-9-19)14-4-6-16(24-2)17(11-14)25-3/h4-7,10-11,21H,8-9,12H2,1-3H3. The van der Waals surface area contributed by atoms with Gasteiger partial charge < -0.3 is 9.47 Å². The maximum Gasteiger partial charge on any atom is 0.240 e. The van der Waals surface area contributed by atoms with Crippen LogP contribution in [0.3, 0.4) is 0 Å². The van der Waals surface area contributed by atoms with E-state index in [9.17, 15) is 12.8 Å². The number of aryl methyl sites for hydroxylation is 1. The largest absolute Gasteiger partial charge is 0.493 e. The minimum Gasteiger partial charge on any atom is -0.493 e. The van der Waals surface area contributed by atoms with Crippen LogP contribution >= 0.6 is 0 Å². The number of halogens is 1. The molecule has 0 amide bonds. The molecule has 3 rings (SSSR count). The Balaban J connectivity index is 1.80. The molecule has 0 aliphatic heterocycles. The second-order valence-corrected chi connectivity index (χ2v) is 8.32. The molecule has 1 aliphatic carbocycles. The summed E-state index contributed by atoms with van der Waals surface area (Å²) >= 11 is 0. The van der Waals surface area contributed by atoms with Crippen molar-refractivity contribution in [3.05, 3.63) is 53.3 Å². The Morgan fingerprint density at radius 1 is 1.08 bits per heavy atom. The van der Waals surface area contributed by atoms with Crippen molar-refractivity contribution in [1.82, 2.24) is 4.72 Å². The molecule has 0 aromatic heterocycles. The first-order valence-corrected chi connectivity index (χ1v) is 9.78. The van der Waals surface area contributed by atoms with Crippen LogP contribution in [-0.4, -0.2) is 29.2 Å². The maximum absolute atomic E-state index is 13.2. The highest BCUT2D eigenvalue weighted by atomic mass is 32.2. The highest BCUT2D eigenvalue weighted by Crippen LogP contribution is 2.49. The van der Waals surface area contributed by atoms with Gasteiger partial charge in [0.25, 0.3) is 0 Å². The SMILES string of the molecule is COc1ccc(C2(CNS(=O)(=O)c3ccc(F)cc3C)CC2)cc1OC. The van der Waals surface area contributed by atoms with Crippen LogP contribution in [-0.2, 0) is 15.4 Å². The third kappa shape index (κ3) is 3.54. The number of hydrogen-bond donors (Lipinski definition) is 1. The van der Waals surface area contributed by atoms with E-state index in [1.165, 1.54) is 12.1 Å². The number of sulfonamides is 1. The van der Waals surface area contributed by atoms with E-state index in [0.717, 1.165) is 24.5 Å². The lowest BCUT2D eigenvalue weighted by Gasteiger charge is -2.19. The van der Waals surface area contributed by atoms with E-state index >= 15 is 0 Å². The topological polar surface area (TPSA) is 64.6 Å². The molecule has 0 heterocycles. The van der Waals surface area contributed by atoms with Crippen molar-refractivity contribution in [3.8, 4) is 11.5 Å². The molecule has 2 aromatic rings. The van der Waals surface area contributed by atoms with Crippen molar-refractivity contribution in [2.24, 2.45) is 0 Å². The average molecular weight is 379 g/mol. The van der Waals surface area contributed by atoms with Gasteiger partial charge in [-0.3, -0.25) is 0 Å². The van der Waals surface area contributed by atoms with Crippen molar-refractivity contribution >= 4 is 10.0 Å². The van der Waals surface area contributed by atoms with E-state index in [4.69, 9.17) is 9.47 Å². The summed E-state index contributed by atoms with van der Waals surface area (Å²) in [5.41, 5.74) is 1.14. The van der Waals surface area contributed by atoms with Crippen LogP contribution < -0.4 is 14.2 Å². The van der Waals surface area contributed by atoms with Gasteiger partial charge in [-0.15, -0.1) is 0 Å². The van der Waals surface area contributed by atoms with Crippen LogP contribution in [0.15, 0.2) is 41.3 Å². The molecule has 0 unspecified atom stereocenters. The minimum absolute atomic E-state index is 0.0991. The average Bonchev–Trinajstić information content (AvgIpc) is 3.40. The van der Waals surface area contributed by atoms with Gasteiger partial charge in [-0.05, 0) is 61.2 Å². The molecule has 1 fully saturated rings. The summed E-state index contributed by atoms with van der Waals surface area (Å²) in [5, 5.41) is 0. The summed E-state index contributed by atoms with van der Waals surface area (Å²) in [4.78, 5) is 0.0991. The van der Waals surface area contributed by atoms with Crippen molar-refractivity contribution in [2.75, 3.05) is 20.8 Å². The fourth-order valence-electron chi connectivity index (χ4n) is 3.11. The Morgan fingerprint density at radius 3 is 2.35 bits per heavy atom. The lowest BCUT2D eigenvalue weighted by atomic mass is 9.96. The summed E-state index contributed by atoms with van der Waals surface area (Å²) in [6, 6.07) is 9.32. The fourth-order valence-corrected chi connectivity index (χ4v) is 4.46. The summed E-state index contributed by atoms with van der Waals surface area (Å²) in [6.45, 7) is 1.86. The van der Waals surface area contributed by atoms with Crippen molar-refractivity contribution in [2.45, 2.75) is 30.1 Å². The van der Waals surface area contributed by atoms with Crippen molar-refractivity contribution in [3.63, 3.8) is 0 Å². The van der Waals surface area contributed by atoms with Gasteiger partial charge in [-0.1, -0.05) is 6.07 Å². The van der Waals surface area contributed by atoms with Gasteiger partial charge in [-0.2, -0.15) is 0 Å². The number of methoxy groups -OCH3 is 2. The zero-order chi connectivity index (χ0) is 18.9. The summed E-state index contributed by atoms with van der Waals surface area (Å²) < 4.78 is 51.7. The van der Waals surface area contributed by atoms with Crippen LogP contribution in [0.1, 0.15) is 24.0 Å². The quantitative estimate of drug-likeness (QED) is 0.803. The van der Waals surface area contributed by atoms with E-state index in [0.29, 0.717) is 17.1 Å². The van der Waals surface area contributed by atoms with E-state index < -0.39 is 15.8 Å². The van der Waals surface area contributed by atoms with Crippen molar-refractivity contribution in [1.29, 1.82) is 0 Å². The molecule has 1 N–H and O–H groups in total.